The van der Waals surface area contributed by atoms with Crippen molar-refractivity contribution in [1.29, 1.82) is 0 Å². The second kappa shape index (κ2) is 6.26. The van der Waals surface area contributed by atoms with Crippen molar-refractivity contribution >= 4 is 29.1 Å². The first-order valence-corrected chi connectivity index (χ1v) is 7.69. The van der Waals surface area contributed by atoms with E-state index in [1.165, 1.54) is 18.4 Å². The van der Waals surface area contributed by atoms with Gasteiger partial charge in [0.05, 0.1) is 12.8 Å². The highest BCUT2D eigenvalue weighted by molar-refractivity contribution is 7.14. The van der Waals surface area contributed by atoms with Crippen LogP contribution in [0.3, 0.4) is 0 Å². The van der Waals surface area contributed by atoms with Gasteiger partial charge in [0.1, 0.15) is 10.5 Å². The van der Waals surface area contributed by atoms with Crippen molar-refractivity contribution in [3.8, 4) is 0 Å². The Balaban J connectivity index is 3.24. The smallest absolute Gasteiger partial charge is 0.429 e. The molecule has 0 saturated carbocycles. The van der Waals surface area contributed by atoms with Gasteiger partial charge in [-0.25, -0.2) is 20.4 Å². The van der Waals surface area contributed by atoms with Crippen molar-refractivity contribution in [1.82, 2.24) is 0 Å². The molecule has 1 amide bonds. The lowest BCUT2D eigenvalue weighted by Gasteiger charge is -2.24. The molecule has 0 spiro atoms. The molecule has 6 nitrogen and oxygen atoms in total. The molecule has 0 atom stereocenters. The highest BCUT2D eigenvalue weighted by atomic mass is 32.1. The number of nitrogens with zero attached hydrogens (tertiary/aromatic N) is 1. The SMILES string of the molecule is COC(=O)c1sc(C(C)(C)C)cc1N(N)C(=O)OC(C)(C)C. The summed E-state index contributed by atoms with van der Waals surface area (Å²) >= 11 is 1.26. The van der Waals surface area contributed by atoms with Crippen molar-refractivity contribution in [3.05, 3.63) is 15.8 Å². The van der Waals surface area contributed by atoms with E-state index in [4.69, 9.17) is 15.3 Å². The fraction of sp³-hybridized carbons (Fsp3) is 0.600. The molecule has 0 saturated heterocycles. The van der Waals surface area contributed by atoms with Crippen LogP contribution in [0.15, 0.2) is 6.07 Å². The molecule has 1 aromatic rings. The Morgan fingerprint density at radius 1 is 1.18 bits per heavy atom. The second-order valence-corrected chi connectivity index (χ2v) is 7.97. The Morgan fingerprint density at radius 2 is 1.73 bits per heavy atom. The maximum atomic E-state index is 12.1. The van der Waals surface area contributed by atoms with Crippen LogP contribution in [0.25, 0.3) is 0 Å². The van der Waals surface area contributed by atoms with Gasteiger partial charge in [-0.15, -0.1) is 11.3 Å². The number of anilines is 1. The number of methoxy groups -OCH3 is 1. The van der Waals surface area contributed by atoms with Crippen LogP contribution in [-0.4, -0.2) is 24.8 Å². The molecule has 124 valence electrons. The molecule has 0 aliphatic heterocycles. The molecule has 0 aliphatic rings. The zero-order valence-corrected chi connectivity index (χ0v) is 15.0. The van der Waals surface area contributed by atoms with Crippen LogP contribution in [0.2, 0.25) is 0 Å². The van der Waals surface area contributed by atoms with Gasteiger partial charge in [-0.1, -0.05) is 20.8 Å². The Hall–Kier alpha value is -1.60. The van der Waals surface area contributed by atoms with Gasteiger partial charge >= 0.3 is 12.1 Å². The van der Waals surface area contributed by atoms with Crippen LogP contribution in [0, 0.1) is 0 Å². The number of hydrazine groups is 1. The molecule has 0 bridgehead atoms. The lowest BCUT2D eigenvalue weighted by molar-refractivity contribution is 0.0579. The summed E-state index contributed by atoms with van der Waals surface area (Å²) in [6.07, 6.45) is -0.726. The summed E-state index contributed by atoms with van der Waals surface area (Å²) in [6.45, 7) is 11.3. The number of carbonyl (C=O) groups is 2. The normalized spacial score (nSPS) is 12.0. The number of amides is 1. The molecule has 22 heavy (non-hydrogen) atoms. The fourth-order valence-corrected chi connectivity index (χ4v) is 2.70. The number of ether oxygens (including phenoxy) is 2. The fourth-order valence-electron chi connectivity index (χ4n) is 1.58. The molecule has 0 fully saturated rings. The maximum Gasteiger partial charge on any atom is 0.429 e. The van der Waals surface area contributed by atoms with Crippen LogP contribution in [0.5, 0.6) is 0 Å². The predicted molar refractivity (Wildman–Crippen MR) is 87.3 cm³/mol. The van der Waals surface area contributed by atoms with E-state index in [0.717, 1.165) is 9.89 Å². The summed E-state index contributed by atoms with van der Waals surface area (Å²) in [5.74, 6) is 5.32. The molecule has 2 N–H and O–H groups in total. The molecule has 1 heterocycles. The molecule has 0 unspecified atom stereocenters. The van der Waals surface area contributed by atoms with Crippen LogP contribution in [-0.2, 0) is 14.9 Å². The number of esters is 1. The molecule has 0 radical (unpaired) electrons. The minimum atomic E-state index is -0.726. The predicted octanol–water partition coefficient (Wildman–Crippen LogP) is 3.45. The third kappa shape index (κ3) is 4.45. The largest absolute Gasteiger partial charge is 0.465 e. The molecular weight excluding hydrogens is 304 g/mol. The Labute approximate surface area is 135 Å². The van der Waals surface area contributed by atoms with E-state index in [0.29, 0.717) is 0 Å². The first kappa shape index (κ1) is 18.4. The van der Waals surface area contributed by atoms with Gasteiger partial charge in [-0.05, 0) is 32.3 Å². The summed E-state index contributed by atoms with van der Waals surface area (Å²) < 4.78 is 10.0. The number of hydrogen-bond acceptors (Lipinski definition) is 6. The molecule has 1 rings (SSSR count). The van der Waals surface area contributed by atoms with Crippen LogP contribution in [0.4, 0.5) is 10.5 Å². The lowest BCUT2D eigenvalue weighted by Crippen LogP contribution is -2.42. The van der Waals surface area contributed by atoms with Crippen LogP contribution < -0.4 is 10.9 Å². The monoisotopic (exact) mass is 328 g/mol. The minimum absolute atomic E-state index is 0.180. The van der Waals surface area contributed by atoms with Gasteiger partial charge in [0.15, 0.2) is 0 Å². The van der Waals surface area contributed by atoms with Crippen molar-refractivity contribution in [2.24, 2.45) is 5.84 Å². The molecule has 1 aromatic heterocycles. The van der Waals surface area contributed by atoms with E-state index in [-0.39, 0.29) is 16.0 Å². The third-order valence-electron chi connectivity index (χ3n) is 2.67. The molecule has 0 aromatic carbocycles. The molecule has 7 heteroatoms. The van der Waals surface area contributed by atoms with Crippen molar-refractivity contribution in [2.45, 2.75) is 52.6 Å². The zero-order valence-electron chi connectivity index (χ0n) is 14.1. The highest BCUT2D eigenvalue weighted by Crippen LogP contribution is 2.37. The Bertz CT molecular complexity index is 567. The first-order valence-electron chi connectivity index (χ1n) is 6.87. The summed E-state index contributed by atoms with van der Waals surface area (Å²) in [4.78, 5) is 25.3. The van der Waals surface area contributed by atoms with E-state index < -0.39 is 17.7 Å². The summed E-state index contributed by atoms with van der Waals surface area (Å²) in [5.41, 5.74) is -0.570. The first-order chi connectivity index (χ1) is 9.86. The zero-order chi connectivity index (χ0) is 17.3. The quantitative estimate of drug-likeness (QED) is 0.389. The minimum Gasteiger partial charge on any atom is -0.465 e. The van der Waals surface area contributed by atoms with E-state index in [9.17, 15) is 9.59 Å². The maximum absolute atomic E-state index is 12.1. The number of rotatable bonds is 2. The van der Waals surface area contributed by atoms with E-state index in [2.05, 4.69) is 0 Å². The van der Waals surface area contributed by atoms with Gasteiger partial charge < -0.3 is 9.47 Å². The van der Waals surface area contributed by atoms with E-state index in [1.807, 2.05) is 20.8 Å². The van der Waals surface area contributed by atoms with E-state index in [1.54, 1.807) is 26.8 Å². The Kier molecular flexibility index (Phi) is 5.25. The molecule has 0 aliphatic carbocycles. The van der Waals surface area contributed by atoms with Gasteiger partial charge in [0.2, 0.25) is 0 Å². The average Bonchev–Trinajstić information content (AvgIpc) is 2.79. The standard InChI is InChI=1S/C15H24N2O4S/c1-14(2,3)10-8-9(11(22-10)12(18)20-7)17(16)13(19)21-15(4,5)6/h8H,16H2,1-7H3. The van der Waals surface area contributed by atoms with Crippen LogP contribution in [0.1, 0.15) is 56.1 Å². The third-order valence-corrected chi connectivity index (χ3v) is 4.20. The Morgan fingerprint density at radius 3 is 2.14 bits per heavy atom. The van der Waals surface area contributed by atoms with Gasteiger partial charge in [-0.2, -0.15) is 0 Å². The van der Waals surface area contributed by atoms with Gasteiger partial charge in [-0.3, -0.25) is 0 Å². The van der Waals surface area contributed by atoms with Crippen molar-refractivity contribution in [2.75, 3.05) is 12.1 Å². The summed E-state index contributed by atoms with van der Waals surface area (Å²) in [6, 6.07) is 1.72. The highest BCUT2D eigenvalue weighted by Gasteiger charge is 2.29. The average molecular weight is 328 g/mol. The number of hydrogen-bond donors (Lipinski definition) is 1. The summed E-state index contributed by atoms with van der Waals surface area (Å²) in [7, 11) is 1.29. The summed E-state index contributed by atoms with van der Waals surface area (Å²) in [5, 5.41) is 0.850. The lowest BCUT2D eigenvalue weighted by atomic mass is 9.94. The topological polar surface area (TPSA) is 81.9 Å². The van der Waals surface area contributed by atoms with Gasteiger partial charge in [0, 0.05) is 4.88 Å². The van der Waals surface area contributed by atoms with Gasteiger partial charge in [0.25, 0.3) is 0 Å². The van der Waals surface area contributed by atoms with E-state index >= 15 is 0 Å². The molecular formula is C15H24N2O4S. The number of thiophene rings is 1. The van der Waals surface area contributed by atoms with Crippen molar-refractivity contribution < 1.29 is 19.1 Å². The van der Waals surface area contributed by atoms with Crippen molar-refractivity contribution in [3.63, 3.8) is 0 Å². The number of carbonyl (C=O) groups excluding carboxylic acids is 2. The number of nitrogens with two attached hydrogens (primary N) is 1. The second-order valence-electron chi connectivity index (χ2n) is 6.92. The van der Waals surface area contributed by atoms with Crippen LogP contribution >= 0.6 is 11.3 Å².